The zero-order valence-corrected chi connectivity index (χ0v) is 8.97. The number of hydrogen-bond donors (Lipinski definition) is 1. The van der Waals surface area contributed by atoms with Gasteiger partial charge in [0.2, 0.25) is 0 Å². The summed E-state index contributed by atoms with van der Waals surface area (Å²) in [4.78, 5) is 0. The van der Waals surface area contributed by atoms with Crippen LogP contribution in [0.2, 0.25) is 0 Å². The van der Waals surface area contributed by atoms with Gasteiger partial charge in [0.25, 0.3) is 0 Å². The molecule has 0 bridgehead atoms. The Hall–Kier alpha value is -1.34. The van der Waals surface area contributed by atoms with Crippen LogP contribution in [0.25, 0.3) is 6.08 Å². The molecule has 80 valence electrons. The third kappa shape index (κ3) is 5.87. The van der Waals surface area contributed by atoms with Gasteiger partial charge < -0.3 is 5.11 Å². The molecule has 0 aliphatic carbocycles. The summed E-state index contributed by atoms with van der Waals surface area (Å²) in [5.41, 5.74) is 1.22. The number of aliphatic hydroxyl groups is 1. The predicted octanol–water partition coefficient (Wildman–Crippen LogP) is 3.42. The van der Waals surface area contributed by atoms with Crippen molar-refractivity contribution in [2.24, 2.45) is 0 Å². The van der Waals surface area contributed by atoms with Gasteiger partial charge >= 0.3 is 0 Å². The Balaban J connectivity index is 2.22. The third-order valence-electron chi connectivity index (χ3n) is 2.11. The van der Waals surface area contributed by atoms with Gasteiger partial charge in [0, 0.05) is 6.61 Å². The van der Waals surface area contributed by atoms with E-state index in [1.165, 1.54) is 5.56 Å². The van der Waals surface area contributed by atoms with Crippen LogP contribution in [0.1, 0.15) is 24.8 Å². The molecule has 0 aromatic heterocycles. The van der Waals surface area contributed by atoms with Crippen LogP contribution >= 0.6 is 0 Å². The Kier molecular flexibility index (Phi) is 6.26. The highest BCUT2D eigenvalue weighted by Gasteiger charge is 1.82. The second-order valence-electron chi connectivity index (χ2n) is 3.42. The minimum atomic E-state index is 0.299. The van der Waals surface area contributed by atoms with Gasteiger partial charge in [0.15, 0.2) is 0 Å². The molecule has 0 radical (unpaired) electrons. The average Bonchev–Trinajstić information content (AvgIpc) is 2.29. The summed E-state index contributed by atoms with van der Waals surface area (Å²) in [6, 6.07) is 10.2. The second kappa shape index (κ2) is 8.01. The molecule has 1 aromatic rings. The first kappa shape index (κ1) is 11.7. The van der Waals surface area contributed by atoms with Gasteiger partial charge in [-0.2, -0.15) is 0 Å². The summed E-state index contributed by atoms with van der Waals surface area (Å²) in [7, 11) is 0. The maximum Gasteiger partial charge on any atom is 0.0431 e. The number of hydrogen-bond acceptors (Lipinski definition) is 1. The Labute approximate surface area is 91.8 Å². The monoisotopic (exact) mass is 202 g/mol. The standard InChI is InChI=1S/C14H18O/c15-13-9-4-2-1-3-6-10-14-11-7-5-8-12-14/h1,3,5-8,10-12,15H,2,4,9,13H2/b3-1+,10-6+. The Bertz CT molecular complexity index is 298. The predicted molar refractivity (Wildman–Crippen MR) is 65.6 cm³/mol. The largest absolute Gasteiger partial charge is 0.396 e. The van der Waals surface area contributed by atoms with Gasteiger partial charge in [-0.1, -0.05) is 54.6 Å². The molecule has 1 aromatic carbocycles. The Morgan fingerprint density at radius 1 is 1.00 bits per heavy atom. The van der Waals surface area contributed by atoms with E-state index in [-0.39, 0.29) is 0 Å². The van der Waals surface area contributed by atoms with Crippen molar-refractivity contribution in [3.63, 3.8) is 0 Å². The normalized spacial score (nSPS) is 11.5. The summed E-state index contributed by atoms with van der Waals surface area (Å²) < 4.78 is 0. The van der Waals surface area contributed by atoms with E-state index in [2.05, 4.69) is 30.4 Å². The molecule has 1 nitrogen and oxygen atoms in total. The highest BCUT2D eigenvalue weighted by atomic mass is 16.2. The molecule has 0 atom stereocenters. The highest BCUT2D eigenvalue weighted by molar-refractivity contribution is 5.50. The Morgan fingerprint density at radius 3 is 2.53 bits per heavy atom. The summed E-state index contributed by atoms with van der Waals surface area (Å²) in [5.74, 6) is 0. The lowest BCUT2D eigenvalue weighted by Gasteiger charge is -1.90. The van der Waals surface area contributed by atoms with Crippen LogP contribution in [0, 0.1) is 0 Å². The zero-order valence-electron chi connectivity index (χ0n) is 8.97. The van der Waals surface area contributed by atoms with E-state index in [1.807, 2.05) is 24.3 Å². The van der Waals surface area contributed by atoms with E-state index in [0.717, 1.165) is 19.3 Å². The van der Waals surface area contributed by atoms with Crippen LogP contribution in [0.15, 0.2) is 48.6 Å². The maximum absolute atomic E-state index is 8.58. The van der Waals surface area contributed by atoms with E-state index in [9.17, 15) is 0 Å². The lowest BCUT2D eigenvalue weighted by molar-refractivity contribution is 0.285. The molecule has 0 aliphatic rings. The smallest absolute Gasteiger partial charge is 0.0431 e. The van der Waals surface area contributed by atoms with Gasteiger partial charge in [-0.3, -0.25) is 0 Å². The first-order valence-electron chi connectivity index (χ1n) is 5.42. The van der Waals surface area contributed by atoms with Crippen molar-refractivity contribution in [1.82, 2.24) is 0 Å². The lowest BCUT2D eigenvalue weighted by atomic mass is 10.2. The molecule has 0 spiro atoms. The van der Waals surface area contributed by atoms with Crippen LogP contribution in [0.5, 0.6) is 0 Å². The quantitative estimate of drug-likeness (QED) is 0.553. The van der Waals surface area contributed by atoms with Crippen LogP contribution in [0.3, 0.4) is 0 Å². The van der Waals surface area contributed by atoms with Gasteiger partial charge in [-0.25, -0.2) is 0 Å². The molecule has 15 heavy (non-hydrogen) atoms. The third-order valence-corrected chi connectivity index (χ3v) is 2.11. The van der Waals surface area contributed by atoms with Crippen molar-refractivity contribution in [1.29, 1.82) is 0 Å². The van der Waals surface area contributed by atoms with Gasteiger partial charge in [0.05, 0.1) is 0 Å². The summed E-state index contributed by atoms with van der Waals surface area (Å²) in [6.45, 7) is 0.299. The van der Waals surface area contributed by atoms with Crippen LogP contribution in [-0.4, -0.2) is 11.7 Å². The van der Waals surface area contributed by atoms with Crippen LogP contribution < -0.4 is 0 Å². The first-order chi connectivity index (χ1) is 7.43. The van der Waals surface area contributed by atoms with Gasteiger partial charge in [0.1, 0.15) is 0 Å². The molecule has 0 heterocycles. The van der Waals surface area contributed by atoms with Crippen molar-refractivity contribution in [3.05, 3.63) is 54.1 Å². The molecular formula is C14H18O. The molecule has 0 aliphatic heterocycles. The fourth-order valence-electron chi connectivity index (χ4n) is 1.28. The number of benzene rings is 1. The van der Waals surface area contributed by atoms with Crippen molar-refractivity contribution >= 4 is 6.08 Å². The van der Waals surface area contributed by atoms with E-state index in [1.54, 1.807) is 0 Å². The minimum absolute atomic E-state index is 0.299. The molecular weight excluding hydrogens is 184 g/mol. The molecule has 1 N–H and O–H groups in total. The van der Waals surface area contributed by atoms with Crippen molar-refractivity contribution in [2.75, 3.05) is 6.61 Å². The number of rotatable bonds is 6. The van der Waals surface area contributed by atoms with Crippen molar-refractivity contribution in [3.8, 4) is 0 Å². The topological polar surface area (TPSA) is 20.2 Å². The number of aliphatic hydroxyl groups excluding tert-OH is 1. The molecule has 0 saturated carbocycles. The molecule has 1 rings (SSSR count). The molecule has 0 saturated heterocycles. The van der Waals surface area contributed by atoms with Crippen molar-refractivity contribution in [2.45, 2.75) is 19.3 Å². The Morgan fingerprint density at radius 2 is 1.80 bits per heavy atom. The molecule has 0 unspecified atom stereocenters. The second-order valence-corrected chi connectivity index (χ2v) is 3.42. The van der Waals surface area contributed by atoms with E-state index < -0.39 is 0 Å². The van der Waals surface area contributed by atoms with E-state index in [0.29, 0.717) is 6.61 Å². The van der Waals surface area contributed by atoms with E-state index in [4.69, 9.17) is 5.11 Å². The fourth-order valence-corrected chi connectivity index (χ4v) is 1.28. The summed E-state index contributed by atoms with van der Waals surface area (Å²) in [6.07, 6.45) is 11.3. The SMILES string of the molecule is OCCCC/C=C/C=C/c1ccccc1. The first-order valence-corrected chi connectivity index (χ1v) is 5.42. The highest BCUT2D eigenvalue weighted by Crippen LogP contribution is 2.01. The van der Waals surface area contributed by atoms with E-state index >= 15 is 0 Å². The molecule has 0 amide bonds. The molecule has 1 heteroatoms. The van der Waals surface area contributed by atoms with Crippen LogP contribution in [0.4, 0.5) is 0 Å². The lowest BCUT2D eigenvalue weighted by Crippen LogP contribution is -1.79. The van der Waals surface area contributed by atoms with Gasteiger partial charge in [-0.15, -0.1) is 0 Å². The fraction of sp³-hybridized carbons (Fsp3) is 0.286. The maximum atomic E-state index is 8.58. The zero-order chi connectivity index (χ0) is 10.8. The summed E-state index contributed by atoms with van der Waals surface area (Å²) in [5, 5.41) is 8.58. The number of unbranched alkanes of at least 4 members (excludes halogenated alkanes) is 2. The average molecular weight is 202 g/mol. The number of allylic oxidation sites excluding steroid dienone is 3. The van der Waals surface area contributed by atoms with Gasteiger partial charge in [-0.05, 0) is 24.8 Å². The van der Waals surface area contributed by atoms with Crippen LogP contribution in [-0.2, 0) is 0 Å². The van der Waals surface area contributed by atoms with Crippen molar-refractivity contribution < 1.29 is 5.11 Å². The minimum Gasteiger partial charge on any atom is -0.396 e. The molecule has 0 fully saturated rings. The summed E-state index contributed by atoms with van der Waals surface area (Å²) >= 11 is 0.